The van der Waals surface area contributed by atoms with Crippen LogP contribution in [0.4, 0.5) is 0 Å². The first kappa shape index (κ1) is 11.7. The maximum atomic E-state index is 11.7. The number of benzene rings is 1. The zero-order valence-corrected chi connectivity index (χ0v) is 10.6. The molecule has 1 aromatic carbocycles. The molecule has 0 aliphatic carbocycles. The molecular weight excluding hydrogens is 242 g/mol. The van der Waals surface area contributed by atoms with Crippen molar-refractivity contribution in [3.05, 3.63) is 42.1 Å². The van der Waals surface area contributed by atoms with E-state index < -0.39 is 0 Å². The quantitative estimate of drug-likeness (QED) is 0.827. The van der Waals surface area contributed by atoms with Gasteiger partial charge < -0.3 is 9.47 Å². The number of ether oxygens (including phenoxy) is 2. The Morgan fingerprint density at radius 2 is 2.05 bits per heavy atom. The van der Waals surface area contributed by atoms with E-state index in [0.717, 1.165) is 11.1 Å². The predicted octanol–water partition coefficient (Wildman–Crippen LogP) is 2.72. The topological polar surface area (TPSA) is 48.4 Å². The van der Waals surface area contributed by atoms with E-state index in [1.807, 2.05) is 24.3 Å². The highest BCUT2D eigenvalue weighted by Gasteiger charge is 2.18. The Labute approximate surface area is 111 Å². The molecule has 0 fully saturated rings. The van der Waals surface area contributed by atoms with Crippen LogP contribution in [-0.4, -0.2) is 24.5 Å². The van der Waals surface area contributed by atoms with Gasteiger partial charge in [0.05, 0.1) is 19.3 Å². The summed E-state index contributed by atoms with van der Waals surface area (Å²) in [5.74, 6) is 1.37. The summed E-state index contributed by atoms with van der Waals surface area (Å²) < 4.78 is 10.6. The van der Waals surface area contributed by atoms with Crippen LogP contribution in [0.25, 0.3) is 11.1 Å². The molecule has 1 aliphatic rings. The lowest BCUT2D eigenvalue weighted by Crippen LogP contribution is -2.15. The van der Waals surface area contributed by atoms with Gasteiger partial charge in [-0.25, -0.2) is 4.98 Å². The van der Waals surface area contributed by atoms with Gasteiger partial charge >= 0.3 is 0 Å². The number of carbonyl (C=O) groups excluding carboxylic acids is 1. The number of ketones is 1. The minimum Gasteiger partial charge on any atom is -0.492 e. The van der Waals surface area contributed by atoms with Crippen molar-refractivity contribution >= 4 is 5.78 Å². The van der Waals surface area contributed by atoms with Gasteiger partial charge in [-0.1, -0.05) is 6.07 Å². The van der Waals surface area contributed by atoms with E-state index in [4.69, 9.17) is 9.47 Å². The number of methoxy groups -OCH3 is 1. The number of nitrogens with zero attached hydrogens (tertiary/aromatic N) is 1. The van der Waals surface area contributed by atoms with Crippen molar-refractivity contribution in [2.24, 2.45) is 0 Å². The van der Waals surface area contributed by atoms with E-state index in [-0.39, 0.29) is 5.78 Å². The Balaban J connectivity index is 1.99. The van der Waals surface area contributed by atoms with Crippen molar-refractivity contribution in [3.8, 4) is 22.8 Å². The van der Waals surface area contributed by atoms with Crippen molar-refractivity contribution in [2.75, 3.05) is 13.7 Å². The average molecular weight is 255 g/mol. The van der Waals surface area contributed by atoms with Crippen LogP contribution in [0.1, 0.15) is 16.8 Å². The van der Waals surface area contributed by atoms with Gasteiger partial charge in [-0.05, 0) is 23.8 Å². The van der Waals surface area contributed by atoms with Crippen LogP contribution in [0, 0.1) is 0 Å². The van der Waals surface area contributed by atoms with E-state index in [2.05, 4.69) is 4.98 Å². The fourth-order valence-corrected chi connectivity index (χ4v) is 2.11. The first-order chi connectivity index (χ1) is 9.28. The predicted molar refractivity (Wildman–Crippen MR) is 70.7 cm³/mol. The van der Waals surface area contributed by atoms with Gasteiger partial charge in [0.2, 0.25) is 5.88 Å². The molecule has 0 atom stereocenters. The number of Topliss-reactive ketones (excluding diaryl/α,β-unsaturated/α-hetero) is 1. The van der Waals surface area contributed by atoms with Crippen molar-refractivity contribution in [1.29, 1.82) is 0 Å². The van der Waals surface area contributed by atoms with Crippen LogP contribution in [0.2, 0.25) is 0 Å². The molecule has 3 rings (SSSR count). The lowest BCUT2D eigenvalue weighted by atomic mass is 10.00. The van der Waals surface area contributed by atoms with E-state index in [1.165, 1.54) is 0 Å². The van der Waals surface area contributed by atoms with E-state index >= 15 is 0 Å². The molecule has 4 heteroatoms. The molecule has 0 saturated carbocycles. The molecule has 1 aliphatic heterocycles. The Bertz CT molecular complexity index is 620. The van der Waals surface area contributed by atoms with Crippen LogP contribution >= 0.6 is 0 Å². The summed E-state index contributed by atoms with van der Waals surface area (Å²) in [5.41, 5.74) is 2.60. The molecule has 1 aromatic heterocycles. The lowest BCUT2D eigenvalue weighted by Gasteiger charge is -2.17. The summed E-state index contributed by atoms with van der Waals surface area (Å²) in [4.78, 5) is 15.9. The van der Waals surface area contributed by atoms with Gasteiger partial charge in [-0.2, -0.15) is 0 Å². The second-order valence-electron chi connectivity index (χ2n) is 4.32. The summed E-state index contributed by atoms with van der Waals surface area (Å²) in [6.07, 6.45) is 2.20. The summed E-state index contributed by atoms with van der Waals surface area (Å²) in [7, 11) is 1.58. The first-order valence-corrected chi connectivity index (χ1v) is 6.08. The maximum Gasteiger partial charge on any atom is 0.212 e. The van der Waals surface area contributed by atoms with Crippen LogP contribution in [-0.2, 0) is 0 Å². The molecule has 2 heterocycles. The fraction of sp³-hybridized carbons (Fsp3) is 0.200. The molecular formula is C15H13NO3. The van der Waals surface area contributed by atoms with E-state index in [0.29, 0.717) is 30.2 Å². The summed E-state index contributed by atoms with van der Waals surface area (Å²) in [6.45, 7) is 0.455. The summed E-state index contributed by atoms with van der Waals surface area (Å²) in [5, 5.41) is 0. The molecule has 19 heavy (non-hydrogen) atoms. The SMILES string of the molecule is COc1ccc(-c2ccc3c(c2)OCCC3=O)cn1. The number of carbonyl (C=O) groups is 1. The van der Waals surface area contributed by atoms with Crippen LogP contribution in [0.5, 0.6) is 11.6 Å². The second kappa shape index (κ2) is 4.72. The first-order valence-electron chi connectivity index (χ1n) is 6.08. The third kappa shape index (κ3) is 2.17. The number of hydrogen-bond acceptors (Lipinski definition) is 4. The van der Waals surface area contributed by atoms with Gasteiger partial charge in [0.15, 0.2) is 5.78 Å². The zero-order chi connectivity index (χ0) is 13.2. The van der Waals surface area contributed by atoms with Crippen LogP contribution in [0.15, 0.2) is 36.5 Å². The molecule has 0 bridgehead atoms. The molecule has 4 nitrogen and oxygen atoms in total. The molecule has 0 radical (unpaired) electrons. The van der Waals surface area contributed by atoms with Crippen molar-refractivity contribution in [1.82, 2.24) is 4.98 Å². The van der Waals surface area contributed by atoms with Gasteiger partial charge in [-0.15, -0.1) is 0 Å². The number of pyridine rings is 1. The minimum atomic E-state index is 0.139. The van der Waals surface area contributed by atoms with Gasteiger partial charge in [0.25, 0.3) is 0 Å². The third-order valence-corrected chi connectivity index (χ3v) is 3.15. The molecule has 0 N–H and O–H groups in total. The van der Waals surface area contributed by atoms with Crippen molar-refractivity contribution in [3.63, 3.8) is 0 Å². The molecule has 96 valence electrons. The smallest absolute Gasteiger partial charge is 0.212 e. The number of aromatic nitrogens is 1. The standard InChI is InChI=1S/C15H13NO3/c1-18-15-5-3-11(9-16-15)10-2-4-12-13(17)6-7-19-14(12)8-10/h2-5,8-9H,6-7H2,1H3. The van der Waals surface area contributed by atoms with Crippen LogP contribution < -0.4 is 9.47 Å². The van der Waals surface area contributed by atoms with Gasteiger partial charge in [-0.3, -0.25) is 4.79 Å². The van der Waals surface area contributed by atoms with Crippen molar-refractivity contribution in [2.45, 2.75) is 6.42 Å². The minimum absolute atomic E-state index is 0.139. The molecule has 0 amide bonds. The summed E-state index contributed by atoms with van der Waals surface area (Å²) in [6, 6.07) is 9.35. The Morgan fingerprint density at radius 3 is 2.79 bits per heavy atom. The number of fused-ring (bicyclic) bond motifs is 1. The Kier molecular flexibility index (Phi) is 2.91. The maximum absolute atomic E-state index is 11.7. The van der Waals surface area contributed by atoms with Gasteiger partial charge in [0.1, 0.15) is 5.75 Å². The Hall–Kier alpha value is -2.36. The molecule has 0 saturated heterocycles. The van der Waals surface area contributed by atoms with Gasteiger partial charge in [0, 0.05) is 24.2 Å². The normalized spacial score (nSPS) is 13.6. The fourth-order valence-electron chi connectivity index (χ4n) is 2.11. The molecule has 2 aromatic rings. The highest BCUT2D eigenvalue weighted by atomic mass is 16.5. The molecule has 0 spiro atoms. The van der Waals surface area contributed by atoms with E-state index in [1.54, 1.807) is 19.4 Å². The molecule has 0 unspecified atom stereocenters. The Morgan fingerprint density at radius 1 is 1.21 bits per heavy atom. The monoisotopic (exact) mass is 255 g/mol. The largest absolute Gasteiger partial charge is 0.492 e. The summed E-state index contributed by atoms with van der Waals surface area (Å²) >= 11 is 0. The van der Waals surface area contributed by atoms with Crippen molar-refractivity contribution < 1.29 is 14.3 Å². The number of hydrogen-bond donors (Lipinski definition) is 0. The second-order valence-corrected chi connectivity index (χ2v) is 4.32. The highest BCUT2D eigenvalue weighted by Crippen LogP contribution is 2.30. The zero-order valence-electron chi connectivity index (χ0n) is 10.6. The van der Waals surface area contributed by atoms with E-state index in [9.17, 15) is 4.79 Å². The highest BCUT2D eigenvalue weighted by molar-refractivity contribution is 6.00. The third-order valence-electron chi connectivity index (χ3n) is 3.15. The van der Waals surface area contributed by atoms with Crippen LogP contribution in [0.3, 0.4) is 0 Å². The number of rotatable bonds is 2. The average Bonchev–Trinajstić information content (AvgIpc) is 2.47. The lowest BCUT2D eigenvalue weighted by molar-refractivity contribution is 0.0933.